The molecule has 1 aliphatic rings. The van der Waals surface area contributed by atoms with E-state index >= 15 is 0 Å². The van der Waals surface area contributed by atoms with Crippen LogP contribution in [0.15, 0.2) is 0 Å². The summed E-state index contributed by atoms with van der Waals surface area (Å²) in [6.07, 6.45) is 5.27. The van der Waals surface area contributed by atoms with Crippen LogP contribution in [0, 0.1) is 5.92 Å². The van der Waals surface area contributed by atoms with Crippen molar-refractivity contribution in [2.75, 3.05) is 19.7 Å². The van der Waals surface area contributed by atoms with Crippen molar-refractivity contribution in [3.05, 3.63) is 0 Å². The quantitative estimate of drug-likeness (QED) is 0.638. The molecule has 0 aromatic carbocycles. The number of nitrogens with one attached hydrogen (secondary N) is 1. The SMILES string of the molecule is CCCCN(CCCO)C(=O)NC1CCC(C(=O)O)CC1. The second kappa shape index (κ2) is 9.60. The lowest BCUT2D eigenvalue weighted by molar-refractivity contribution is -0.142. The summed E-state index contributed by atoms with van der Waals surface area (Å²) in [5.74, 6) is -0.990. The second-order valence-electron chi connectivity index (χ2n) is 5.75. The predicted molar refractivity (Wildman–Crippen MR) is 80.1 cm³/mol. The number of carboxylic acid groups (broad SMARTS) is 1. The lowest BCUT2D eigenvalue weighted by Gasteiger charge is -2.30. The molecule has 2 amide bonds. The number of hydrogen-bond acceptors (Lipinski definition) is 3. The Bertz CT molecular complexity index is 320. The van der Waals surface area contributed by atoms with Crippen LogP contribution in [-0.4, -0.2) is 52.9 Å². The van der Waals surface area contributed by atoms with E-state index < -0.39 is 5.97 Å². The minimum absolute atomic E-state index is 0.0753. The fourth-order valence-electron chi connectivity index (χ4n) is 2.68. The Hall–Kier alpha value is -1.30. The molecule has 0 aromatic heterocycles. The summed E-state index contributed by atoms with van der Waals surface area (Å²) in [6.45, 7) is 3.43. The number of nitrogens with zero attached hydrogens (tertiary/aromatic N) is 1. The number of rotatable bonds is 8. The molecule has 0 saturated heterocycles. The van der Waals surface area contributed by atoms with Crippen molar-refractivity contribution < 1.29 is 19.8 Å². The molecule has 1 fully saturated rings. The maximum atomic E-state index is 12.3. The molecule has 1 aliphatic carbocycles. The molecule has 0 atom stereocenters. The fourth-order valence-corrected chi connectivity index (χ4v) is 2.68. The van der Waals surface area contributed by atoms with Crippen LogP contribution in [0.1, 0.15) is 51.9 Å². The standard InChI is InChI=1S/C15H28N2O4/c1-2-3-9-17(10-4-11-18)15(21)16-13-7-5-12(6-8-13)14(19)20/h12-13,18H,2-11H2,1H3,(H,16,21)(H,19,20). The summed E-state index contributed by atoms with van der Waals surface area (Å²) >= 11 is 0. The number of aliphatic hydroxyl groups excluding tert-OH is 1. The Labute approximate surface area is 126 Å². The van der Waals surface area contributed by atoms with Gasteiger partial charge in [-0.3, -0.25) is 4.79 Å². The molecule has 6 nitrogen and oxygen atoms in total. The maximum absolute atomic E-state index is 12.3. The molecule has 21 heavy (non-hydrogen) atoms. The van der Waals surface area contributed by atoms with Gasteiger partial charge in [-0.05, 0) is 38.5 Å². The van der Waals surface area contributed by atoms with Crippen molar-refractivity contribution >= 4 is 12.0 Å². The van der Waals surface area contributed by atoms with Gasteiger partial charge in [0.15, 0.2) is 0 Å². The van der Waals surface area contributed by atoms with Crippen molar-refractivity contribution in [1.29, 1.82) is 0 Å². The van der Waals surface area contributed by atoms with Crippen LogP contribution in [0.3, 0.4) is 0 Å². The molecule has 0 heterocycles. The zero-order valence-corrected chi connectivity index (χ0v) is 12.9. The van der Waals surface area contributed by atoms with E-state index in [1.165, 1.54) is 0 Å². The zero-order chi connectivity index (χ0) is 15.7. The van der Waals surface area contributed by atoms with Gasteiger partial charge in [0.2, 0.25) is 0 Å². The third-order valence-corrected chi connectivity index (χ3v) is 4.06. The van der Waals surface area contributed by atoms with Gasteiger partial charge in [-0.1, -0.05) is 13.3 Å². The Morgan fingerprint density at radius 2 is 1.76 bits per heavy atom. The molecule has 0 aliphatic heterocycles. The van der Waals surface area contributed by atoms with Crippen molar-refractivity contribution in [2.24, 2.45) is 5.92 Å². The van der Waals surface area contributed by atoms with E-state index in [1.807, 2.05) is 0 Å². The van der Waals surface area contributed by atoms with E-state index in [4.69, 9.17) is 10.2 Å². The van der Waals surface area contributed by atoms with Crippen molar-refractivity contribution in [2.45, 2.75) is 57.9 Å². The number of aliphatic hydroxyl groups is 1. The lowest BCUT2D eigenvalue weighted by Crippen LogP contribution is -2.47. The average molecular weight is 300 g/mol. The van der Waals surface area contributed by atoms with Crippen LogP contribution in [-0.2, 0) is 4.79 Å². The number of amides is 2. The Balaban J connectivity index is 2.40. The highest BCUT2D eigenvalue weighted by Crippen LogP contribution is 2.24. The summed E-state index contributed by atoms with van der Waals surface area (Å²) in [6, 6.07) is -0.0120. The van der Waals surface area contributed by atoms with E-state index in [0.29, 0.717) is 32.4 Å². The van der Waals surface area contributed by atoms with Gasteiger partial charge in [0.05, 0.1) is 5.92 Å². The minimum Gasteiger partial charge on any atom is -0.481 e. The molecule has 6 heteroatoms. The molecular formula is C15H28N2O4. The number of aliphatic carboxylic acids is 1. The molecule has 1 rings (SSSR count). The van der Waals surface area contributed by atoms with E-state index in [0.717, 1.165) is 25.7 Å². The minimum atomic E-state index is -0.729. The van der Waals surface area contributed by atoms with Crippen LogP contribution in [0.4, 0.5) is 4.79 Å². The molecule has 1 saturated carbocycles. The van der Waals surface area contributed by atoms with Crippen LogP contribution < -0.4 is 5.32 Å². The highest BCUT2D eigenvalue weighted by Gasteiger charge is 2.27. The Kier molecular flexibility index (Phi) is 8.12. The van der Waals surface area contributed by atoms with Gasteiger partial charge in [0, 0.05) is 25.7 Å². The van der Waals surface area contributed by atoms with Gasteiger partial charge in [-0.2, -0.15) is 0 Å². The predicted octanol–water partition coefficient (Wildman–Crippen LogP) is 1.82. The number of unbranched alkanes of at least 4 members (excludes halogenated alkanes) is 1. The summed E-state index contributed by atoms with van der Waals surface area (Å²) in [5, 5.41) is 20.9. The van der Waals surface area contributed by atoms with Crippen molar-refractivity contribution in [1.82, 2.24) is 10.2 Å². The highest BCUT2D eigenvalue weighted by atomic mass is 16.4. The fraction of sp³-hybridized carbons (Fsp3) is 0.867. The molecule has 122 valence electrons. The van der Waals surface area contributed by atoms with Crippen LogP contribution in [0.25, 0.3) is 0 Å². The summed E-state index contributed by atoms with van der Waals surface area (Å²) in [5.41, 5.74) is 0. The molecule has 0 spiro atoms. The molecular weight excluding hydrogens is 272 g/mol. The zero-order valence-electron chi connectivity index (χ0n) is 12.9. The lowest BCUT2D eigenvalue weighted by atomic mass is 9.86. The summed E-state index contributed by atoms with van der Waals surface area (Å²) < 4.78 is 0. The van der Waals surface area contributed by atoms with Gasteiger partial charge in [0.1, 0.15) is 0 Å². The topological polar surface area (TPSA) is 89.9 Å². The molecule has 3 N–H and O–H groups in total. The van der Waals surface area contributed by atoms with E-state index in [2.05, 4.69) is 12.2 Å². The molecule has 0 radical (unpaired) electrons. The van der Waals surface area contributed by atoms with Crippen molar-refractivity contribution in [3.63, 3.8) is 0 Å². The third-order valence-electron chi connectivity index (χ3n) is 4.06. The highest BCUT2D eigenvalue weighted by molar-refractivity contribution is 5.74. The number of hydrogen-bond donors (Lipinski definition) is 3. The van der Waals surface area contributed by atoms with E-state index in [1.54, 1.807) is 4.90 Å². The van der Waals surface area contributed by atoms with Crippen LogP contribution >= 0.6 is 0 Å². The summed E-state index contributed by atoms with van der Waals surface area (Å²) in [4.78, 5) is 24.9. The average Bonchev–Trinajstić information content (AvgIpc) is 2.47. The molecule has 0 bridgehead atoms. The Morgan fingerprint density at radius 1 is 1.14 bits per heavy atom. The van der Waals surface area contributed by atoms with Gasteiger partial charge in [-0.25, -0.2) is 4.79 Å². The number of carboxylic acids is 1. The Morgan fingerprint density at radius 3 is 2.29 bits per heavy atom. The van der Waals surface area contributed by atoms with Gasteiger partial charge in [0.25, 0.3) is 0 Å². The van der Waals surface area contributed by atoms with Crippen LogP contribution in [0.5, 0.6) is 0 Å². The molecule has 0 unspecified atom stereocenters. The first kappa shape index (κ1) is 17.8. The number of carbonyl (C=O) groups is 2. The normalized spacial score (nSPS) is 21.8. The number of carbonyl (C=O) groups excluding carboxylic acids is 1. The van der Waals surface area contributed by atoms with Crippen LogP contribution in [0.2, 0.25) is 0 Å². The van der Waals surface area contributed by atoms with Crippen molar-refractivity contribution in [3.8, 4) is 0 Å². The maximum Gasteiger partial charge on any atom is 0.317 e. The third kappa shape index (κ3) is 6.33. The second-order valence-corrected chi connectivity index (χ2v) is 5.75. The summed E-state index contributed by atoms with van der Waals surface area (Å²) in [7, 11) is 0. The largest absolute Gasteiger partial charge is 0.481 e. The van der Waals surface area contributed by atoms with Gasteiger partial charge in [-0.15, -0.1) is 0 Å². The first-order valence-corrected chi connectivity index (χ1v) is 7.97. The monoisotopic (exact) mass is 300 g/mol. The van der Waals surface area contributed by atoms with Gasteiger partial charge < -0.3 is 20.4 Å². The number of urea groups is 1. The molecule has 0 aromatic rings. The smallest absolute Gasteiger partial charge is 0.317 e. The first-order valence-electron chi connectivity index (χ1n) is 7.97. The van der Waals surface area contributed by atoms with Gasteiger partial charge >= 0.3 is 12.0 Å². The first-order chi connectivity index (χ1) is 10.1. The van der Waals surface area contributed by atoms with E-state index in [9.17, 15) is 9.59 Å². The van der Waals surface area contributed by atoms with E-state index in [-0.39, 0.29) is 24.6 Å².